The molecule has 6 nitrogen and oxygen atoms in total. The van der Waals surface area contributed by atoms with Crippen molar-refractivity contribution in [3.8, 4) is 5.75 Å². The SMILES string of the molecule is COc1ccc([C@@H](CC(C)C)NC(=O)CN(c2cccc(C)c2)S(=O)(=O)c2ccc(Cl)cc2)cc1. The van der Waals surface area contributed by atoms with Gasteiger partial charge in [-0.05, 0) is 78.9 Å². The molecule has 0 unspecified atom stereocenters. The van der Waals surface area contributed by atoms with Gasteiger partial charge >= 0.3 is 0 Å². The lowest BCUT2D eigenvalue weighted by molar-refractivity contribution is -0.120. The van der Waals surface area contributed by atoms with Gasteiger partial charge in [-0.25, -0.2) is 8.42 Å². The zero-order valence-corrected chi connectivity index (χ0v) is 21.9. The number of halogens is 1. The van der Waals surface area contributed by atoms with Crippen LogP contribution in [0.2, 0.25) is 5.02 Å². The molecule has 186 valence electrons. The Morgan fingerprint density at radius 1 is 1.03 bits per heavy atom. The van der Waals surface area contributed by atoms with Crippen molar-refractivity contribution >= 4 is 33.2 Å². The first-order valence-electron chi connectivity index (χ1n) is 11.4. The highest BCUT2D eigenvalue weighted by molar-refractivity contribution is 7.92. The van der Waals surface area contributed by atoms with Crippen LogP contribution in [0, 0.1) is 12.8 Å². The fraction of sp³-hybridized carbons (Fsp3) is 0.296. The first-order valence-corrected chi connectivity index (χ1v) is 13.2. The van der Waals surface area contributed by atoms with Crippen LogP contribution in [0.4, 0.5) is 5.69 Å². The van der Waals surface area contributed by atoms with E-state index in [1.54, 1.807) is 25.3 Å². The minimum absolute atomic E-state index is 0.0603. The van der Waals surface area contributed by atoms with Gasteiger partial charge in [-0.1, -0.05) is 49.7 Å². The minimum atomic E-state index is -4.02. The number of aryl methyl sites for hydroxylation is 1. The van der Waals surface area contributed by atoms with E-state index in [-0.39, 0.29) is 17.5 Å². The number of carbonyl (C=O) groups is 1. The van der Waals surface area contributed by atoms with Crippen molar-refractivity contribution in [1.29, 1.82) is 0 Å². The van der Waals surface area contributed by atoms with E-state index in [4.69, 9.17) is 16.3 Å². The molecule has 8 heteroatoms. The second kappa shape index (κ2) is 11.6. The van der Waals surface area contributed by atoms with Gasteiger partial charge in [0.25, 0.3) is 10.0 Å². The number of sulfonamides is 1. The maximum Gasteiger partial charge on any atom is 0.264 e. The Bertz CT molecular complexity index is 1240. The van der Waals surface area contributed by atoms with E-state index in [9.17, 15) is 13.2 Å². The van der Waals surface area contributed by atoms with Crippen molar-refractivity contribution in [3.05, 3.63) is 88.9 Å². The second-order valence-electron chi connectivity index (χ2n) is 8.83. The third-order valence-electron chi connectivity index (χ3n) is 5.54. The number of nitrogens with zero attached hydrogens (tertiary/aromatic N) is 1. The van der Waals surface area contributed by atoms with Gasteiger partial charge in [0.1, 0.15) is 12.3 Å². The van der Waals surface area contributed by atoms with E-state index in [1.165, 1.54) is 24.3 Å². The molecule has 0 heterocycles. The normalized spacial score (nSPS) is 12.3. The molecule has 0 bridgehead atoms. The first-order chi connectivity index (χ1) is 16.6. The largest absolute Gasteiger partial charge is 0.497 e. The number of benzene rings is 3. The molecule has 1 N–H and O–H groups in total. The van der Waals surface area contributed by atoms with Crippen LogP contribution >= 0.6 is 11.6 Å². The summed E-state index contributed by atoms with van der Waals surface area (Å²) < 4.78 is 33.5. The maximum absolute atomic E-state index is 13.6. The van der Waals surface area contributed by atoms with Gasteiger partial charge in [0.05, 0.1) is 23.7 Å². The summed E-state index contributed by atoms with van der Waals surface area (Å²) in [6.45, 7) is 5.66. The maximum atomic E-state index is 13.6. The van der Waals surface area contributed by atoms with Crippen molar-refractivity contribution in [2.45, 2.75) is 38.1 Å². The van der Waals surface area contributed by atoms with E-state index >= 15 is 0 Å². The average Bonchev–Trinajstić information content (AvgIpc) is 2.82. The van der Waals surface area contributed by atoms with Gasteiger partial charge < -0.3 is 10.1 Å². The molecule has 3 aromatic carbocycles. The topological polar surface area (TPSA) is 75.7 Å². The summed E-state index contributed by atoms with van der Waals surface area (Å²) in [6, 6.07) is 20.2. The number of amides is 1. The second-order valence-corrected chi connectivity index (χ2v) is 11.1. The van der Waals surface area contributed by atoms with Crippen molar-refractivity contribution in [2.75, 3.05) is 18.0 Å². The average molecular weight is 515 g/mol. The number of methoxy groups -OCH3 is 1. The molecule has 3 rings (SSSR count). The molecule has 0 spiro atoms. The lowest BCUT2D eigenvalue weighted by Crippen LogP contribution is -2.42. The van der Waals surface area contributed by atoms with Crippen LogP contribution in [0.25, 0.3) is 0 Å². The van der Waals surface area contributed by atoms with Crippen molar-refractivity contribution < 1.29 is 17.9 Å². The Morgan fingerprint density at radius 3 is 2.26 bits per heavy atom. The van der Waals surface area contributed by atoms with Gasteiger partial charge in [0, 0.05) is 5.02 Å². The van der Waals surface area contributed by atoms with Crippen LogP contribution in [-0.4, -0.2) is 28.0 Å². The molecule has 3 aromatic rings. The van der Waals surface area contributed by atoms with Crippen LogP contribution in [0.5, 0.6) is 5.75 Å². The lowest BCUT2D eigenvalue weighted by atomic mass is 9.97. The Hall–Kier alpha value is -3.03. The van der Waals surface area contributed by atoms with Crippen LogP contribution in [0.1, 0.15) is 37.4 Å². The van der Waals surface area contributed by atoms with E-state index < -0.39 is 15.9 Å². The quantitative estimate of drug-likeness (QED) is 0.373. The first kappa shape index (κ1) is 26.6. The number of hydrogen-bond donors (Lipinski definition) is 1. The van der Waals surface area contributed by atoms with E-state index in [2.05, 4.69) is 19.2 Å². The lowest BCUT2D eigenvalue weighted by Gasteiger charge is -2.27. The summed E-state index contributed by atoms with van der Waals surface area (Å²) in [5.74, 6) is 0.640. The molecule has 0 saturated carbocycles. The van der Waals surface area contributed by atoms with Gasteiger partial charge in [-0.2, -0.15) is 0 Å². The zero-order valence-electron chi connectivity index (χ0n) is 20.4. The van der Waals surface area contributed by atoms with Crippen LogP contribution in [0.3, 0.4) is 0 Å². The van der Waals surface area contributed by atoms with Crippen molar-refractivity contribution in [2.24, 2.45) is 5.92 Å². The summed E-state index contributed by atoms with van der Waals surface area (Å²) in [5.41, 5.74) is 2.23. The van der Waals surface area contributed by atoms with Crippen LogP contribution < -0.4 is 14.4 Å². The van der Waals surface area contributed by atoms with Crippen LogP contribution in [0.15, 0.2) is 77.7 Å². The molecule has 0 aliphatic rings. The Balaban J connectivity index is 1.92. The smallest absolute Gasteiger partial charge is 0.264 e. The number of ether oxygens (including phenoxy) is 1. The summed E-state index contributed by atoms with van der Waals surface area (Å²) in [6.07, 6.45) is 0.701. The third-order valence-corrected chi connectivity index (χ3v) is 7.58. The zero-order chi connectivity index (χ0) is 25.6. The molecule has 0 aliphatic carbocycles. The highest BCUT2D eigenvalue weighted by Gasteiger charge is 2.28. The predicted molar refractivity (Wildman–Crippen MR) is 140 cm³/mol. The summed E-state index contributed by atoms with van der Waals surface area (Å²) in [5, 5.41) is 3.47. The van der Waals surface area contributed by atoms with Crippen molar-refractivity contribution in [3.63, 3.8) is 0 Å². The molecule has 0 saturated heterocycles. The molecule has 0 aliphatic heterocycles. The van der Waals surface area contributed by atoms with E-state index in [1.807, 2.05) is 37.3 Å². The summed E-state index contributed by atoms with van der Waals surface area (Å²) >= 11 is 5.96. The highest BCUT2D eigenvalue weighted by Crippen LogP contribution is 2.27. The van der Waals surface area contributed by atoms with Gasteiger partial charge in [-0.15, -0.1) is 0 Å². The number of anilines is 1. The summed E-state index contributed by atoms with van der Waals surface area (Å²) in [7, 11) is -2.42. The number of nitrogens with one attached hydrogen (secondary N) is 1. The Morgan fingerprint density at radius 2 is 1.69 bits per heavy atom. The van der Waals surface area contributed by atoms with E-state index in [0.29, 0.717) is 23.0 Å². The molecular formula is C27H31ClN2O4S. The van der Waals surface area contributed by atoms with Crippen LogP contribution in [-0.2, 0) is 14.8 Å². The third kappa shape index (κ3) is 6.99. The van der Waals surface area contributed by atoms with Gasteiger partial charge in [0.15, 0.2) is 0 Å². The highest BCUT2D eigenvalue weighted by atomic mass is 35.5. The molecule has 0 radical (unpaired) electrons. The van der Waals surface area contributed by atoms with Gasteiger partial charge in [0.2, 0.25) is 5.91 Å². The molecular weight excluding hydrogens is 484 g/mol. The molecule has 0 aromatic heterocycles. The molecule has 35 heavy (non-hydrogen) atoms. The monoisotopic (exact) mass is 514 g/mol. The minimum Gasteiger partial charge on any atom is -0.497 e. The predicted octanol–water partition coefficient (Wildman–Crippen LogP) is 5.76. The Kier molecular flexibility index (Phi) is 8.81. The molecule has 1 amide bonds. The molecule has 0 fully saturated rings. The van der Waals surface area contributed by atoms with Crippen molar-refractivity contribution in [1.82, 2.24) is 5.32 Å². The molecule has 1 atom stereocenters. The fourth-order valence-corrected chi connectivity index (χ4v) is 5.33. The number of carbonyl (C=O) groups excluding carboxylic acids is 1. The Labute approximate surface area is 212 Å². The number of rotatable bonds is 10. The summed E-state index contributed by atoms with van der Waals surface area (Å²) in [4.78, 5) is 13.3. The standard InChI is InChI=1S/C27H31ClN2O4S/c1-19(2)16-26(21-8-12-24(34-4)13-9-21)29-27(31)18-30(23-7-5-6-20(3)17-23)35(32,33)25-14-10-22(28)11-15-25/h5-15,17,19,26H,16,18H2,1-4H3,(H,29,31)/t26-/m1/s1. The fourth-order valence-electron chi connectivity index (χ4n) is 3.79. The number of hydrogen-bond acceptors (Lipinski definition) is 4. The van der Waals surface area contributed by atoms with E-state index in [0.717, 1.165) is 21.2 Å². The van der Waals surface area contributed by atoms with Gasteiger partial charge in [-0.3, -0.25) is 9.10 Å².